The van der Waals surface area contributed by atoms with E-state index < -0.39 is 5.97 Å². The van der Waals surface area contributed by atoms with Gasteiger partial charge in [-0.1, -0.05) is 79.2 Å². The summed E-state index contributed by atoms with van der Waals surface area (Å²) in [7, 11) is 1.84. The van der Waals surface area contributed by atoms with Gasteiger partial charge in [-0.2, -0.15) is 0 Å². The van der Waals surface area contributed by atoms with E-state index in [1.54, 1.807) is 11.8 Å². The molecule has 56 heavy (non-hydrogen) atoms. The number of piperidine rings is 1. The molecule has 1 fully saturated rings. The molecule has 1 N–H and O–H groups in total. The third-order valence-electron chi connectivity index (χ3n) is 12.7. The number of aromatic nitrogens is 1. The van der Waals surface area contributed by atoms with Crippen molar-refractivity contribution >= 4 is 18.0 Å². The number of ether oxygens (including phenoxy) is 1. The summed E-state index contributed by atoms with van der Waals surface area (Å²) in [5.41, 5.74) is 11.4. The van der Waals surface area contributed by atoms with Crippen LogP contribution in [0.1, 0.15) is 85.0 Å². The summed E-state index contributed by atoms with van der Waals surface area (Å²) >= 11 is 0. The Morgan fingerprint density at radius 2 is 1.43 bits per heavy atom. The largest absolute Gasteiger partial charge is 0.478 e. The maximum Gasteiger partial charge on any atom is 0.410 e. The highest BCUT2D eigenvalue weighted by atomic mass is 16.6. The molecule has 5 aromatic rings. The van der Waals surface area contributed by atoms with Crippen LogP contribution in [-0.2, 0) is 37.7 Å². The Kier molecular flexibility index (Phi) is 9.49. The molecule has 3 aliphatic heterocycles. The highest BCUT2D eigenvalue weighted by Crippen LogP contribution is 2.45. The van der Waals surface area contributed by atoms with Gasteiger partial charge >= 0.3 is 12.1 Å². The molecule has 4 heterocycles. The summed E-state index contributed by atoms with van der Waals surface area (Å²) in [4.78, 5) is 48.0. The van der Waals surface area contributed by atoms with E-state index >= 15 is 4.79 Å². The number of carbonyl (C=O) groups excluding carboxylic acids is 2. The zero-order valence-corrected chi connectivity index (χ0v) is 32.2. The van der Waals surface area contributed by atoms with E-state index in [9.17, 15) is 14.7 Å². The summed E-state index contributed by atoms with van der Waals surface area (Å²) in [5.74, 6) is -1.18. The van der Waals surface area contributed by atoms with Gasteiger partial charge in [0.1, 0.15) is 6.61 Å². The molecule has 0 radical (unpaired) electrons. The predicted octanol–water partition coefficient (Wildman–Crippen LogP) is 8.06. The van der Waals surface area contributed by atoms with Crippen molar-refractivity contribution in [1.29, 1.82) is 0 Å². The summed E-state index contributed by atoms with van der Waals surface area (Å²) < 4.78 is 7.90. The average Bonchev–Trinajstić information content (AvgIpc) is 3.71. The highest BCUT2D eigenvalue weighted by Gasteiger charge is 2.36. The van der Waals surface area contributed by atoms with Gasteiger partial charge in [-0.25, -0.2) is 9.59 Å². The zero-order valence-electron chi connectivity index (χ0n) is 32.2. The summed E-state index contributed by atoms with van der Waals surface area (Å²) in [6.45, 7) is 6.12. The number of fused-ring (bicyclic) bond motifs is 5. The van der Waals surface area contributed by atoms with Crippen LogP contribution in [0.15, 0.2) is 91.1 Å². The fraction of sp³-hybridized carbons (Fsp3) is 0.340. The van der Waals surface area contributed by atoms with Gasteiger partial charge in [-0.15, -0.1) is 0 Å². The van der Waals surface area contributed by atoms with E-state index in [0.717, 1.165) is 66.7 Å². The molecule has 1 atom stereocenters. The molecule has 4 aliphatic rings. The number of hydrogen-bond donors (Lipinski definition) is 1. The van der Waals surface area contributed by atoms with Gasteiger partial charge in [0.25, 0.3) is 5.91 Å². The molecular formula is C47H48N4O5. The third kappa shape index (κ3) is 6.47. The van der Waals surface area contributed by atoms with Crippen molar-refractivity contribution in [1.82, 2.24) is 19.3 Å². The van der Waals surface area contributed by atoms with Gasteiger partial charge in [0, 0.05) is 68.2 Å². The SMILES string of the molecule is Cc1c(C(=O)O)c(-c2cc3c(cc2C(=O)N2Cc4ccccc4C[C@H]2CN2CCCCC2)CN(C(=O)OCC2c4ccccc4-c4ccccc42)CC3)cn1C. The molecule has 9 nitrogen and oxygen atoms in total. The van der Waals surface area contributed by atoms with Crippen LogP contribution in [0, 0.1) is 6.92 Å². The Morgan fingerprint density at radius 1 is 0.750 bits per heavy atom. The third-order valence-corrected chi connectivity index (χ3v) is 12.7. The van der Waals surface area contributed by atoms with E-state index in [4.69, 9.17) is 4.74 Å². The normalized spacial score (nSPS) is 17.9. The van der Waals surface area contributed by atoms with Gasteiger partial charge in [0.2, 0.25) is 0 Å². The maximum atomic E-state index is 15.2. The lowest BCUT2D eigenvalue weighted by Gasteiger charge is -2.41. The average molecular weight is 749 g/mol. The fourth-order valence-corrected chi connectivity index (χ4v) is 9.63. The number of aryl methyl sites for hydroxylation is 1. The number of aromatic carboxylic acids is 1. The van der Waals surface area contributed by atoms with E-state index in [-0.39, 0.29) is 36.1 Å². The van der Waals surface area contributed by atoms with Crippen molar-refractivity contribution in [3.63, 3.8) is 0 Å². The minimum Gasteiger partial charge on any atom is -0.478 e. The molecule has 0 spiro atoms. The number of likely N-dealkylation sites (tertiary alicyclic amines) is 1. The standard InChI is InChI=1S/C47H48N4O5/c1-30-44(46(53)54)42(28-48(30)2)40-23-32-18-21-50(47(55)56-29-43-38-16-8-6-14-36(38)37-15-7-9-17-39(37)43)25-34(32)24-41(40)45(52)51-26-33-13-5-4-12-31(33)22-35(51)27-49-19-10-3-11-20-49/h4-9,12-17,23-24,28,35,43H,3,10-11,18-22,25-27,29H2,1-2H3,(H,53,54)/t35-/m0/s1. The van der Waals surface area contributed by atoms with Gasteiger partial charge in [0.15, 0.2) is 0 Å². The van der Waals surface area contributed by atoms with Crippen LogP contribution < -0.4 is 0 Å². The zero-order chi connectivity index (χ0) is 38.5. The van der Waals surface area contributed by atoms with Crippen LogP contribution in [0.5, 0.6) is 0 Å². The van der Waals surface area contributed by atoms with Crippen molar-refractivity contribution in [3.05, 3.63) is 141 Å². The van der Waals surface area contributed by atoms with Crippen LogP contribution in [0.3, 0.4) is 0 Å². The number of carboxylic acid groups (broad SMARTS) is 1. The quantitative estimate of drug-likeness (QED) is 0.181. The summed E-state index contributed by atoms with van der Waals surface area (Å²) in [6, 6.07) is 28.9. The van der Waals surface area contributed by atoms with E-state index in [1.807, 2.05) is 65.2 Å². The number of hydrogen-bond acceptors (Lipinski definition) is 5. The maximum absolute atomic E-state index is 15.2. The Bertz CT molecular complexity index is 2310. The molecular weight excluding hydrogens is 701 g/mol. The number of carboxylic acids is 1. The van der Waals surface area contributed by atoms with Crippen LogP contribution in [0.2, 0.25) is 0 Å². The van der Waals surface area contributed by atoms with Crippen molar-refractivity contribution < 1.29 is 24.2 Å². The van der Waals surface area contributed by atoms with E-state index in [0.29, 0.717) is 48.4 Å². The fourth-order valence-electron chi connectivity index (χ4n) is 9.63. The number of rotatable bonds is 7. The molecule has 1 saturated heterocycles. The Morgan fingerprint density at radius 3 is 2.14 bits per heavy atom. The molecule has 0 saturated carbocycles. The van der Waals surface area contributed by atoms with Gasteiger partial charge < -0.3 is 29.1 Å². The monoisotopic (exact) mass is 748 g/mol. The first-order chi connectivity index (χ1) is 27.2. The lowest BCUT2D eigenvalue weighted by molar-refractivity contribution is 0.0566. The Balaban J connectivity index is 1.04. The molecule has 2 amide bonds. The smallest absolute Gasteiger partial charge is 0.410 e. The first-order valence-electron chi connectivity index (χ1n) is 20.0. The van der Waals surface area contributed by atoms with Gasteiger partial charge in [-0.3, -0.25) is 4.79 Å². The molecule has 0 unspecified atom stereocenters. The molecule has 0 bridgehead atoms. The number of amides is 2. The first kappa shape index (κ1) is 36.0. The summed E-state index contributed by atoms with van der Waals surface area (Å²) in [5, 5.41) is 10.4. The van der Waals surface area contributed by atoms with Crippen LogP contribution in [0.4, 0.5) is 4.79 Å². The number of carbonyl (C=O) groups is 3. The Hall–Kier alpha value is -5.67. The summed E-state index contributed by atoms with van der Waals surface area (Å²) in [6.07, 6.45) is 6.34. The van der Waals surface area contributed by atoms with Crippen molar-refractivity contribution in [3.8, 4) is 22.3 Å². The topological polar surface area (TPSA) is 95.3 Å². The minimum absolute atomic E-state index is 0.0341. The minimum atomic E-state index is -1.02. The van der Waals surface area contributed by atoms with Gasteiger partial charge in [-0.05, 0) is 108 Å². The van der Waals surface area contributed by atoms with Crippen molar-refractivity contribution in [2.24, 2.45) is 7.05 Å². The van der Waals surface area contributed by atoms with E-state index in [2.05, 4.69) is 47.4 Å². The molecule has 9 rings (SSSR count). The molecule has 4 aromatic carbocycles. The first-order valence-corrected chi connectivity index (χ1v) is 20.0. The Labute approximate surface area is 328 Å². The van der Waals surface area contributed by atoms with Crippen molar-refractivity contribution in [2.75, 3.05) is 32.8 Å². The second-order valence-corrected chi connectivity index (χ2v) is 16.0. The lowest BCUT2D eigenvalue weighted by atomic mass is 9.87. The van der Waals surface area contributed by atoms with Gasteiger partial charge in [0.05, 0.1) is 5.56 Å². The van der Waals surface area contributed by atoms with Crippen LogP contribution >= 0.6 is 0 Å². The van der Waals surface area contributed by atoms with Crippen LogP contribution in [0.25, 0.3) is 22.3 Å². The second kappa shape index (κ2) is 14.8. The van der Waals surface area contributed by atoms with E-state index in [1.165, 1.54) is 23.1 Å². The second-order valence-electron chi connectivity index (χ2n) is 16.0. The van der Waals surface area contributed by atoms with Crippen LogP contribution in [-0.4, -0.2) is 81.2 Å². The lowest BCUT2D eigenvalue weighted by Crippen LogP contribution is -2.51. The predicted molar refractivity (Wildman–Crippen MR) is 216 cm³/mol. The molecule has 286 valence electrons. The molecule has 1 aliphatic carbocycles. The number of benzene rings is 4. The van der Waals surface area contributed by atoms with Crippen molar-refractivity contribution in [2.45, 2.75) is 64.1 Å². The highest BCUT2D eigenvalue weighted by molar-refractivity contribution is 6.06. The number of nitrogens with zero attached hydrogens (tertiary/aromatic N) is 4. The molecule has 1 aromatic heterocycles. The molecule has 9 heteroatoms.